The van der Waals surface area contributed by atoms with Crippen LogP contribution in [0.3, 0.4) is 0 Å². The van der Waals surface area contributed by atoms with Crippen LogP contribution in [-0.2, 0) is 9.53 Å². The molecule has 1 amide bonds. The van der Waals surface area contributed by atoms with Gasteiger partial charge in [0.15, 0.2) is 0 Å². The van der Waals surface area contributed by atoms with Gasteiger partial charge in [-0.3, -0.25) is 14.7 Å². The minimum absolute atomic E-state index is 0.0100. The van der Waals surface area contributed by atoms with Gasteiger partial charge in [0.2, 0.25) is 5.91 Å². The van der Waals surface area contributed by atoms with E-state index in [1.165, 1.54) is 0 Å². The van der Waals surface area contributed by atoms with Crippen molar-refractivity contribution in [3.8, 4) is 0 Å². The average molecular weight is 292 g/mol. The number of hydrogen-bond acceptors (Lipinski definition) is 5. The molecule has 2 rings (SSSR count). The lowest BCUT2D eigenvalue weighted by atomic mass is 9.95. The number of morpholine rings is 1. The molecule has 116 valence electrons. The molecule has 0 aromatic carbocycles. The summed E-state index contributed by atoms with van der Waals surface area (Å²) in [4.78, 5) is 18.4. The van der Waals surface area contributed by atoms with Gasteiger partial charge < -0.3 is 15.8 Å². The first-order chi connectivity index (χ1) is 10.2. The Morgan fingerprint density at radius 3 is 2.90 bits per heavy atom. The third kappa shape index (κ3) is 3.58. The predicted molar refractivity (Wildman–Crippen MR) is 80.6 cm³/mol. The highest BCUT2D eigenvalue weighted by atomic mass is 16.5. The van der Waals surface area contributed by atoms with Crippen molar-refractivity contribution in [3.05, 3.63) is 30.1 Å². The number of nitrogens with two attached hydrogens (primary N) is 1. The maximum Gasteiger partial charge on any atom is 0.239 e. The van der Waals surface area contributed by atoms with Gasteiger partial charge in [0, 0.05) is 32.0 Å². The quantitative estimate of drug-likeness (QED) is 0.816. The van der Waals surface area contributed by atoms with Crippen LogP contribution in [0.4, 0.5) is 0 Å². The number of nitrogens with one attached hydrogen (secondary N) is 1. The van der Waals surface area contributed by atoms with Crippen molar-refractivity contribution in [2.24, 2.45) is 5.73 Å². The summed E-state index contributed by atoms with van der Waals surface area (Å²) in [5.74, 6) is -0.0305. The van der Waals surface area contributed by atoms with Crippen molar-refractivity contribution in [2.45, 2.75) is 31.5 Å². The van der Waals surface area contributed by atoms with E-state index in [0.29, 0.717) is 19.8 Å². The monoisotopic (exact) mass is 292 g/mol. The first kappa shape index (κ1) is 15.9. The lowest BCUT2D eigenvalue weighted by Crippen LogP contribution is -2.57. The lowest BCUT2D eigenvalue weighted by molar-refractivity contribution is -0.134. The number of carbonyl (C=O) groups is 1. The molecule has 1 aliphatic heterocycles. The molecule has 1 aromatic heterocycles. The number of rotatable bonds is 5. The highest BCUT2D eigenvalue weighted by Crippen LogP contribution is 2.28. The number of hydrogen-bond donors (Lipinski definition) is 2. The summed E-state index contributed by atoms with van der Waals surface area (Å²) in [6.07, 6.45) is 4.37. The molecule has 3 N–H and O–H groups in total. The Labute approximate surface area is 125 Å². The second kappa shape index (κ2) is 7.49. The van der Waals surface area contributed by atoms with Gasteiger partial charge in [-0.05, 0) is 24.1 Å². The van der Waals surface area contributed by atoms with Gasteiger partial charge in [0.05, 0.1) is 19.3 Å². The molecule has 6 heteroatoms. The van der Waals surface area contributed by atoms with E-state index in [-0.39, 0.29) is 24.0 Å². The fraction of sp³-hybridized carbons (Fsp3) is 0.600. The number of aromatic nitrogens is 1. The number of ether oxygens (including phenoxy) is 1. The summed E-state index contributed by atoms with van der Waals surface area (Å²) in [5, 5.41) is 2.71. The van der Waals surface area contributed by atoms with Crippen molar-refractivity contribution < 1.29 is 9.53 Å². The van der Waals surface area contributed by atoms with E-state index in [2.05, 4.69) is 22.1 Å². The zero-order valence-corrected chi connectivity index (χ0v) is 12.7. The number of likely N-dealkylation sites (N-methyl/N-ethyl adjacent to an activating group) is 1. The van der Waals surface area contributed by atoms with Crippen molar-refractivity contribution in [1.29, 1.82) is 0 Å². The van der Waals surface area contributed by atoms with Gasteiger partial charge in [-0.2, -0.15) is 0 Å². The van der Waals surface area contributed by atoms with Gasteiger partial charge in [-0.15, -0.1) is 0 Å². The summed E-state index contributed by atoms with van der Waals surface area (Å²) >= 11 is 0. The summed E-state index contributed by atoms with van der Waals surface area (Å²) in [7, 11) is 1.65. The molecular formula is C15H24N4O2. The number of carbonyl (C=O) groups excluding carboxylic acids is 1. The first-order valence-corrected chi connectivity index (χ1v) is 7.39. The average Bonchev–Trinajstić information content (AvgIpc) is 2.55. The van der Waals surface area contributed by atoms with Crippen LogP contribution in [-0.4, -0.2) is 54.7 Å². The summed E-state index contributed by atoms with van der Waals surface area (Å²) < 4.78 is 5.48. The predicted octanol–water partition coefficient (Wildman–Crippen LogP) is 0.307. The molecule has 1 saturated heterocycles. The third-order valence-corrected chi connectivity index (χ3v) is 4.00. The Morgan fingerprint density at radius 2 is 2.29 bits per heavy atom. The van der Waals surface area contributed by atoms with E-state index in [0.717, 1.165) is 12.0 Å². The summed E-state index contributed by atoms with van der Waals surface area (Å²) in [5.41, 5.74) is 7.44. The first-order valence-electron chi connectivity index (χ1n) is 7.39. The molecule has 6 nitrogen and oxygen atoms in total. The van der Waals surface area contributed by atoms with Crippen molar-refractivity contribution in [2.75, 3.05) is 26.8 Å². The topological polar surface area (TPSA) is 80.5 Å². The normalized spacial score (nSPS) is 22.5. The van der Waals surface area contributed by atoms with E-state index in [4.69, 9.17) is 10.5 Å². The molecule has 3 unspecified atom stereocenters. The zero-order chi connectivity index (χ0) is 15.2. The molecule has 1 aliphatic rings. The van der Waals surface area contributed by atoms with E-state index < -0.39 is 0 Å². The second-order valence-electron chi connectivity index (χ2n) is 5.24. The molecular weight excluding hydrogens is 268 g/mol. The SMILES string of the molecule is CCC(N)C(c1ccncc1)N1CCOCC1C(=O)NC. The molecule has 21 heavy (non-hydrogen) atoms. The Balaban J connectivity index is 2.32. The standard InChI is InChI=1S/C15H24N4O2/c1-3-12(16)14(11-4-6-18-7-5-11)19-8-9-21-10-13(19)15(20)17-2/h4-7,12-14H,3,8-10,16H2,1-2H3,(H,17,20). The minimum atomic E-state index is -0.306. The molecule has 0 spiro atoms. The van der Waals surface area contributed by atoms with E-state index in [1.54, 1.807) is 19.4 Å². The van der Waals surface area contributed by atoms with Crippen LogP contribution in [0.1, 0.15) is 24.9 Å². The van der Waals surface area contributed by atoms with E-state index >= 15 is 0 Å². The molecule has 0 saturated carbocycles. The van der Waals surface area contributed by atoms with Crippen LogP contribution < -0.4 is 11.1 Å². The Kier molecular flexibility index (Phi) is 5.67. The van der Waals surface area contributed by atoms with Crippen molar-refractivity contribution >= 4 is 5.91 Å². The van der Waals surface area contributed by atoms with Crippen LogP contribution in [0.25, 0.3) is 0 Å². The molecule has 0 bridgehead atoms. The Morgan fingerprint density at radius 1 is 1.57 bits per heavy atom. The number of amides is 1. The smallest absolute Gasteiger partial charge is 0.239 e. The van der Waals surface area contributed by atoms with Crippen molar-refractivity contribution in [3.63, 3.8) is 0 Å². The number of pyridine rings is 1. The molecule has 0 aliphatic carbocycles. The largest absolute Gasteiger partial charge is 0.378 e. The van der Waals surface area contributed by atoms with Crippen LogP contribution in [0.15, 0.2) is 24.5 Å². The molecule has 1 aromatic rings. The van der Waals surface area contributed by atoms with Crippen LogP contribution in [0.2, 0.25) is 0 Å². The van der Waals surface area contributed by atoms with Gasteiger partial charge in [0.25, 0.3) is 0 Å². The zero-order valence-electron chi connectivity index (χ0n) is 12.7. The van der Waals surface area contributed by atoms with Crippen LogP contribution in [0, 0.1) is 0 Å². The van der Waals surface area contributed by atoms with Crippen LogP contribution >= 0.6 is 0 Å². The second-order valence-corrected chi connectivity index (χ2v) is 5.24. The molecule has 0 radical (unpaired) electrons. The van der Waals surface area contributed by atoms with E-state index in [1.807, 2.05) is 12.1 Å². The van der Waals surface area contributed by atoms with Gasteiger partial charge >= 0.3 is 0 Å². The highest BCUT2D eigenvalue weighted by Gasteiger charge is 2.36. The number of nitrogens with zero attached hydrogens (tertiary/aromatic N) is 2. The van der Waals surface area contributed by atoms with E-state index in [9.17, 15) is 4.79 Å². The maximum absolute atomic E-state index is 12.1. The molecule has 2 heterocycles. The molecule has 3 atom stereocenters. The maximum atomic E-state index is 12.1. The summed E-state index contributed by atoms with van der Waals surface area (Å²) in [6, 6.07) is 3.58. The van der Waals surface area contributed by atoms with Gasteiger partial charge in [-0.25, -0.2) is 0 Å². The summed E-state index contributed by atoms with van der Waals surface area (Å²) in [6.45, 7) is 3.77. The fourth-order valence-corrected chi connectivity index (χ4v) is 2.81. The van der Waals surface area contributed by atoms with Gasteiger partial charge in [-0.1, -0.05) is 6.92 Å². The fourth-order valence-electron chi connectivity index (χ4n) is 2.81. The molecule has 1 fully saturated rings. The van der Waals surface area contributed by atoms with Crippen LogP contribution in [0.5, 0.6) is 0 Å². The third-order valence-electron chi connectivity index (χ3n) is 4.00. The lowest BCUT2D eigenvalue weighted by Gasteiger charge is -2.42. The Bertz CT molecular complexity index is 454. The van der Waals surface area contributed by atoms with Crippen molar-refractivity contribution in [1.82, 2.24) is 15.2 Å². The Hall–Kier alpha value is -1.50. The van der Waals surface area contributed by atoms with Gasteiger partial charge in [0.1, 0.15) is 6.04 Å². The minimum Gasteiger partial charge on any atom is -0.378 e. The highest BCUT2D eigenvalue weighted by molar-refractivity contribution is 5.81.